The maximum absolute atomic E-state index is 10.7. The van der Waals surface area contributed by atoms with E-state index in [1.165, 1.54) is 25.9 Å². The molecule has 0 aromatic heterocycles. The van der Waals surface area contributed by atoms with Crippen molar-refractivity contribution in [1.29, 1.82) is 0 Å². The average Bonchev–Trinajstić information content (AvgIpc) is 2.28. The highest BCUT2D eigenvalue weighted by Crippen LogP contribution is 2.38. The summed E-state index contributed by atoms with van der Waals surface area (Å²) in [7, 11) is 0. The van der Waals surface area contributed by atoms with E-state index in [9.17, 15) is 4.79 Å². The summed E-state index contributed by atoms with van der Waals surface area (Å²) in [5.41, 5.74) is 0.572. The second-order valence-corrected chi connectivity index (χ2v) is 6.13. The zero-order valence-electron chi connectivity index (χ0n) is 12.4. The molecule has 0 aliphatic carbocycles. The van der Waals surface area contributed by atoms with Gasteiger partial charge in [0, 0.05) is 19.1 Å². The Morgan fingerprint density at radius 2 is 1.78 bits per heavy atom. The lowest BCUT2D eigenvalue weighted by atomic mass is 9.74. The first-order chi connectivity index (χ1) is 8.44. The van der Waals surface area contributed by atoms with E-state index in [-0.39, 0.29) is 5.92 Å². The third-order valence-corrected chi connectivity index (χ3v) is 4.88. The van der Waals surface area contributed by atoms with Crippen LogP contribution in [0.2, 0.25) is 0 Å². The fourth-order valence-electron chi connectivity index (χ4n) is 2.85. The van der Waals surface area contributed by atoms with Crippen LogP contribution in [0, 0.1) is 11.3 Å². The van der Waals surface area contributed by atoms with Gasteiger partial charge in [-0.2, -0.15) is 0 Å². The van der Waals surface area contributed by atoms with Gasteiger partial charge in [-0.1, -0.05) is 27.2 Å². The molecule has 3 nitrogen and oxygen atoms in total. The van der Waals surface area contributed by atoms with Gasteiger partial charge < -0.3 is 5.11 Å². The molecule has 0 amide bonds. The van der Waals surface area contributed by atoms with Gasteiger partial charge in [-0.05, 0) is 38.0 Å². The zero-order valence-corrected chi connectivity index (χ0v) is 12.4. The van der Waals surface area contributed by atoms with Gasteiger partial charge >= 0.3 is 5.97 Å². The van der Waals surface area contributed by atoms with E-state index in [0.29, 0.717) is 11.5 Å². The number of rotatable bonds is 8. The molecule has 3 heteroatoms. The fourth-order valence-corrected chi connectivity index (χ4v) is 2.85. The lowest BCUT2D eigenvalue weighted by Gasteiger charge is -2.52. The van der Waals surface area contributed by atoms with Gasteiger partial charge in [-0.25, -0.2) is 0 Å². The largest absolute Gasteiger partial charge is 0.481 e. The molecule has 1 N–H and O–H groups in total. The third-order valence-electron chi connectivity index (χ3n) is 4.88. The van der Waals surface area contributed by atoms with Crippen LogP contribution < -0.4 is 0 Å². The summed E-state index contributed by atoms with van der Waals surface area (Å²) in [5, 5.41) is 8.84. The zero-order chi connectivity index (χ0) is 13.8. The first-order valence-corrected chi connectivity index (χ1v) is 7.41. The smallest absolute Gasteiger partial charge is 0.306 e. The Morgan fingerprint density at radius 1 is 1.22 bits per heavy atom. The number of nitrogens with zero attached hydrogens (tertiary/aromatic N) is 1. The molecule has 0 bridgehead atoms. The summed E-state index contributed by atoms with van der Waals surface area (Å²) in [6, 6.07) is 0.609. The van der Waals surface area contributed by atoms with Crippen LogP contribution in [0.5, 0.6) is 0 Å². The van der Waals surface area contributed by atoms with Crippen LogP contribution in [-0.4, -0.2) is 35.1 Å². The standard InChI is InChI=1S/C15H29NO2/c1-5-15(6-2)10-16(11-15)13(4)9-7-8-12(3)14(17)18/h12-13H,5-11H2,1-4H3,(H,17,18). The summed E-state index contributed by atoms with van der Waals surface area (Å²) in [5.74, 6) is -0.860. The fraction of sp³-hybridized carbons (Fsp3) is 0.933. The Kier molecular flexibility index (Phi) is 5.64. The summed E-state index contributed by atoms with van der Waals surface area (Å²) >= 11 is 0. The van der Waals surface area contributed by atoms with Crippen molar-refractivity contribution in [2.45, 2.75) is 65.8 Å². The summed E-state index contributed by atoms with van der Waals surface area (Å²) in [4.78, 5) is 13.3. The van der Waals surface area contributed by atoms with Crippen LogP contribution in [0.25, 0.3) is 0 Å². The van der Waals surface area contributed by atoms with E-state index < -0.39 is 5.97 Å². The minimum absolute atomic E-state index is 0.195. The molecule has 0 saturated carbocycles. The van der Waals surface area contributed by atoms with Gasteiger partial charge in [0.15, 0.2) is 0 Å². The Labute approximate surface area is 112 Å². The van der Waals surface area contributed by atoms with Gasteiger partial charge in [0.05, 0.1) is 5.92 Å². The first kappa shape index (κ1) is 15.5. The summed E-state index contributed by atoms with van der Waals surface area (Å²) in [6.07, 6.45) is 5.52. The number of aliphatic carboxylic acids is 1. The van der Waals surface area contributed by atoms with Crippen molar-refractivity contribution in [3.05, 3.63) is 0 Å². The molecule has 2 unspecified atom stereocenters. The number of carboxylic acids is 1. The second-order valence-electron chi connectivity index (χ2n) is 6.13. The third kappa shape index (κ3) is 3.71. The highest BCUT2D eigenvalue weighted by atomic mass is 16.4. The van der Waals surface area contributed by atoms with Gasteiger partial charge in [0.1, 0.15) is 0 Å². The maximum Gasteiger partial charge on any atom is 0.306 e. The molecule has 1 saturated heterocycles. The predicted octanol–water partition coefficient (Wildman–Crippen LogP) is 3.39. The number of carboxylic acid groups (broad SMARTS) is 1. The molecule has 0 aromatic carbocycles. The molecule has 1 fully saturated rings. The van der Waals surface area contributed by atoms with Crippen LogP contribution in [0.15, 0.2) is 0 Å². The average molecular weight is 255 g/mol. The van der Waals surface area contributed by atoms with Gasteiger partial charge in [-0.3, -0.25) is 9.69 Å². The molecule has 1 aliphatic heterocycles. The molecule has 2 atom stereocenters. The Hall–Kier alpha value is -0.570. The van der Waals surface area contributed by atoms with E-state index >= 15 is 0 Å². The van der Waals surface area contributed by atoms with Crippen LogP contribution in [0.4, 0.5) is 0 Å². The number of hydrogen-bond donors (Lipinski definition) is 1. The normalized spacial score (nSPS) is 22.2. The van der Waals surface area contributed by atoms with E-state index in [2.05, 4.69) is 25.7 Å². The van der Waals surface area contributed by atoms with E-state index in [4.69, 9.17) is 5.11 Å². The highest BCUT2D eigenvalue weighted by Gasteiger charge is 2.41. The highest BCUT2D eigenvalue weighted by molar-refractivity contribution is 5.69. The number of hydrogen-bond acceptors (Lipinski definition) is 2. The Balaban J connectivity index is 2.20. The van der Waals surface area contributed by atoms with Crippen molar-refractivity contribution in [3.63, 3.8) is 0 Å². The Bertz CT molecular complexity index is 266. The van der Waals surface area contributed by atoms with Crippen LogP contribution in [-0.2, 0) is 4.79 Å². The second kappa shape index (κ2) is 6.55. The minimum atomic E-state index is -0.664. The van der Waals surface area contributed by atoms with Gasteiger partial charge in [-0.15, -0.1) is 0 Å². The molecule has 1 heterocycles. The minimum Gasteiger partial charge on any atom is -0.481 e. The summed E-state index contributed by atoms with van der Waals surface area (Å²) in [6.45, 7) is 11.1. The van der Waals surface area contributed by atoms with Crippen molar-refractivity contribution >= 4 is 5.97 Å². The molecule has 1 rings (SSSR count). The van der Waals surface area contributed by atoms with Crippen molar-refractivity contribution in [1.82, 2.24) is 4.90 Å². The van der Waals surface area contributed by atoms with E-state index in [1.807, 2.05) is 0 Å². The molecular formula is C15H29NO2. The topological polar surface area (TPSA) is 40.5 Å². The van der Waals surface area contributed by atoms with Crippen molar-refractivity contribution in [2.75, 3.05) is 13.1 Å². The molecule has 0 aromatic rings. The SMILES string of the molecule is CCC1(CC)CN(C(C)CCCC(C)C(=O)O)C1. The van der Waals surface area contributed by atoms with Gasteiger partial charge in [0.25, 0.3) is 0 Å². The van der Waals surface area contributed by atoms with Crippen LogP contribution in [0.3, 0.4) is 0 Å². The lowest BCUT2D eigenvalue weighted by molar-refractivity contribution is -0.141. The molecule has 18 heavy (non-hydrogen) atoms. The first-order valence-electron chi connectivity index (χ1n) is 7.41. The molecule has 0 spiro atoms. The number of carbonyl (C=O) groups is 1. The lowest BCUT2D eigenvalue weighted by Crippen LogP contribution is -2.58. The van der Waals surface area contributed by atoms with Crippen LogP contribution >= 0.6 is 0 Å². The Morgan fingerprint density at radius 3 is 2.22 bits per heavy atom. The van der Waals surface area contributed by atoms with Gasteiger partial charge in [0.2, 0.25) is 0 Å². The van der Waals surface area contributed by atoms with Crippen molar-refractivity contribution < 1.29 is 9.90 Å². The molecule has 106 valence electrons. The molecular weight excluding hydrogens is 226 g/mol. The van der Waals surface area contributed by atoms with Crippen molar-refractivity contribution in [2.24, 2.45) is 11.3 Å². The predicted molar refractivity (Wildman–Crippen MR) is 74.7 cm³/mol. The quantitative estimate of drug-likeness (QED) is 0.722. The van der Waals surface area contributed by atoms with E-state index in [1.54, 1.807) is 6.92 Å². The summed E-state index contributed by atoms with van der Waals surface area (Å²) < 4.78 is 0. The van der Waals surface area contributed by atoms with E-state index in [0.717, 1.165) is 19.3 Å². The molecule has 0 radical (unpaired) electrons. The monoisotopic (exact) mass is 255 g/mol. The van der Waals surface area contributed by atoms with Crippen molar-refractivity contribution in [3.8, 4) is 0 Å². The van der Waals surface area contributed by atoms with Crippen LogP contribution in [0.1, 0.15) is 59.8 Å². The molecule has 1 aliphatic rings. The number of likely N-dealkylation sites (tertiary alicyclic amines) is 1. The maximum atomic E-state index is 10.7.